The van der Waals surface area contributed by atoms with Crippen molar-refractivity contribution in [2.45, 2.75) is 12.5 Å². The Morgan fingerprint density at radius 2 is 1.93 bits per heavy atom. The molecule has 0 spiro atoms. The smallest absolute Gasteiger partial charge is 0.326 e. The minimum absolute atomic E-state index is 0.0895. The van der Waals surface area contributed by atoms with Crippen LogP contribution in [0.4, 0.5) is 10.5 Å². The van der Waals surface area contributed by atoms with Crippen molar-refractivity contribution in [1.29, 1.82) is 0 Å². The van der Waals surface area contributed by atoms with Gasteiger partial charge in [-0.3, -0.25) is 19.3 Å². The summed E-state index contributed by atoms with van der Waals surface area (Å²) < 4.78 is 4.86. The van der Waals surface area contributed by atoms with Crippen LogP contribution in [-0.2, 0) is 24.7 Å². The van der Waals surface area contributed by atoms with Crippen molar-refractivity contribution in [3.05, 3.63) is 59.4 Å². The van der Waals surface area contributed by atoms with E-state index in [0.29, 0.717) is 5.56 Å². The topological polar surface area (TPSA) is 118 Å². The zero-order valence-corrected chi connectivity index (χ0v) is 16.1. The summed E-state index contributed by atoms with van der Waals surface area (Å²) in [5.41, 5.74) is -0.433. The fourth-order valence-electron chi connectivity index (χ4n) is 2.79. The SMILES string of the molecule is C[C@]1(c2ccccc2)NC(=O)N(CC(=O)OCC(=O)Nc2cccnc2Cl)C1=O. The Hall–Kier alpha value is -3.46. The number of imide groups is 1. The van der Waals surface area contributed by atoms with E-state index in [2.05, 4.69) is 15.6 Å². The van der Waals surface area contributed by atoms with E-state index in [0.717, 1.165) is 4.90 Å². The summed E-state index contributed by atoms with van der Waals surface area (Å²) in [4.78, 5) is 53.4. The predicted molar refractivity (Wildman–Crippen MR) is 103 cm³/mol. The third-order valence-electron chi connectivity index (χ3n) is 4.31. The van der Waals surface area contributed by atoms with Gasteiger partial charge in [0, 0.05) is 6.20 Å². The van der Waals surface area contributed by atoms with E-state index in [9.17, 15) is 19.2 Å². The summed E-state index contributed by atoms with van der Waals surface area (Å²) in [6.07, 6.45) is 1.46. The zero-order valence-electron chi connectivity index (χ0n) is 15.3. The summed E-state index contributed by atoms with van der Waals surface area (Å²) in [5, 5.41) is 5.11. The Balaban J connectivity index is 1.56. The number of rotatable bonds is 6. The molecule has 0 bridgehead atoms. The third kappa shape index (κ3) is 4.35. The molecule has 1 aliphatic heterocycles. The van der Waals surface area contributed by atoms with E-state index < -0.39 is 42.5 Å². The molecule has 1 fully saturated rings. The van der Waals surface area contributed by atoms with Gasteiger partial charge in [-0.2, -0.15) is 0 Å². The lowest BCUT2D eigenvalue weighted by Crippen LogP contribution is -2.41. The molecule has 0 aliphatic carbocycles. The summed E-state index contributed by atoms with van der Waals surface area (Å²) in [7, 11) is 0. The zero-order chi connectivity index (χ0) is 21.0. The van der Waals surface area contributed by atoms with Crippen LogP contribution in [0.15, 0.2) is 48.7 Å². The number of nitrogens with one attached hydrogen (secondary N) is 2. The highest BCUT2D eigenvalue weighted by atomic mass is 35.5. The van der Waals surface area contributed by atoms with E-state index >= 15 is 0 Å². The standard InChI is InChI=1S/C19H17ClN4O5/c1-19(12-6-3-2-4-7-12)17(27)24(18(28)23-19)10-15(26)29-11-14(25)22-13-8-5-9-21-16(13)20/h2-9H,10-11H2,1H3,(H,22,25)(H,23,28)/t19-/m1/s1. The molecule has 150 valence electrons. The highest BCUT2D eigenvalue weighted by Gasteiger charge is 2.49. The van der Waals surface area contributed by atoms with Crippen molar-refractivity contribution >= 4 is 41.1 Å². The van der Waals surface area contributed by atoms with Crippen LogP contribution in [0.25, 0.3) is 0 Å². The molecule has 2 N–H and O–H groups in total. The number of anilines is 1. The Bertz CT molecular complexity index is 968. The number of carbonyl (C=O) groups is 4. The largest absolute Gasteiger partial charge is 0.454 e. The number of hydrogen-bond acceptors (Lipinski definition) is 6. The van der Waals surface area contributed by atoms with E-state index in [4.69, 9.17) is 16.3 Å². The molecule has 0 radical (unpaired) electrons. The number of nitrogens with zero attached hydrogens (tertiary/aromatic N) is 2. The van der Waals surface area contributed by atoms with Crippen LogP contribution in [0.2, 0.25) is 5.15 Å². The number of pyridine rings is 1. The fraction of sp³-hybridized carbons (Fsp3) is 0.211. The molecule has 2 aromatic rings. The van der Waals surface area contributed by atoms with Crippen molar-refractivity contribution in [2.75, 3.05) is 18.5 Å². The van der Waals surface area contributed by atoms with Crippen LogP contribution in [0.5, 0.6) is 0 Å². The molecule has 0 saturated carbocycles. The first kappa shape index (κ1) is 20.3. The van der Waals surface area contributed by atoms with Gasteiger partial charge < -0.3 is 15.4 Å². The average molecular weight is 417 g/mol. The lowest BCUT2D eigenvalue weighted by Gasteiger charge is -2.21. The van der Waals surface area contributed by atoms with Crippen LogP contribution in [0.3, 0.4) is 0 Å². The number of halogens is 1. The van der Waals surface area contributed by atoms with Crippen molar-refractivity contribution < 1.29 is 23.9 Å². The molecule has 9 nitrogen and oxygen atoms in total. The number of hydrogen-bond donors (Lipinski definition) is 2. The van der Waals surface area contributed by atoms with Gasteiger partial charge in [0.2, 0.25) is 0 Å². The van der Waals surface area contributed by atoms with Crippen LogP contribution in [0, 0.1) is 0 Å². The molecule has 1 saturated heterocycles. The quantitative estimate of drug-likeness (QED) is 0.420. The lowest BCUT2D eigenvalue weighted by molar-refractivity contribution is -0.150. The molecule has 10 heteroatoms. The highest BCUT2D eigenvalue weighted by Crippen LogP contribution is 2.28. The van der Waals surface area contributed by atoms with Gasteiger partial charge in [-0.05, 0) is 24.6 Å². The average Bonchev–Trinajstić information content (AvgIpc) is 2.93. The van der Waals surface area contributed by atoms with Gasteiger partial charge in [-0.15, -0.1) is 0 Å². The molecular formula is C19H17ClN4O5. The predicted octanol–water partition coefficient (Wildman–Crippen LogP) is 1.68. The van der Waals surface area contributed by atoms with Crippen molar-refractivity contribution in [3.8, 4) is 0 Å². The molecule has 1 aromatic heterocycles. The van der Waals surface area contributed by atoms with Gasteiger partial charge >= 0.3 is 12.0 Å². The maximum Gasteiger partial charge on any atom is 0.326 e. The molecule has 1 atom stereocenters. The van der Waals surface area contributed by atoms with Gasteiger partial charge in [0.25, 0.3) is 11.8 Å². The highest BCUT2D eigenvalue weighted by molar-refractivity contribution is 6.32. The first-order valence-corrected chi connectivity index (χ1v) is 8.94. The van der Waals surface area contributed by atoms with Gasteiger partial charge in [0.05, 0.1) is 5.69 Å². The second kappa shape index (κ2) is 8.27. The Labute approximate surface area is 171 Å². The number of ether oxygens (including phenoxy) is 1. The maximum atomic E-state index is 12.7. The second-order valence-electron chi connectivity index (χ2n) is 6.36. The number of aromatic nitrogens is 1. The third-order valence-corrected chi connectivity index (χ3v) is 4.61. The van der Waals surface area contributed by atoms with Gasteiger partial charge in [-0.1, -0.05) is 41.9 Å². The van der Waals surface area contributed by atoms with E-state index in [1.54, 1.807) is 43.3 Å². The monoisotopic (exact) mass is 416 g/mol. The van der Waals surface area contributed by atoms with Crippen LogP contribution < -0.4 is 10.6 Å². The molecule has 2 heterocycles. The summed E-state index contributed by atoms with van der Waals surface area (Å²) in [6.45, 7) is 0.330. The van der Waals surface area contributed by atoms with E-state index in [1.807, 2.05) is 0 Å². The van der Waals surface area contributed by atoms with Gasteiger partial charge in [0.15, 0.2) is 11.8 Å². The first-order chi connectivity index (χ1) is 13.8. The van der Waals surface area contributed by atoms with E-state index in [-0.39, 0.29) is 10.8 Å². The molecule has 29 heavy (non-hydrogen) atoms. The lowest BCUT2D eigenvalue weighted by atomic mass is 9.92. The fourth-order valence-corrected chi connectivity index (χ4v) is 2.96. The number of carbonyl (C=O) groups excluding carboxylic acids is 4. The molecule has 3 rings (SSSR count). The summed E-state index contributed by atoms with van der Waals surface area (Å²) in [6, 6.07) is 11.1. The molecule has 1 aliphatic rings. The number of urea groups is 1. The first-order valence-electron chi connectivity index (χ1n) is 8.57. The van der Waals surface area contributed by atoms with Crippen molar-refractivity contribution in [1.82, 2.24) is 15.2 Å². The maximum absolute atomic E-state index is 12.7. The minimum Gasteiger partial charge on any atom is -0.454 e. The van der Waals surface area contributed by atoms with Gasteiger partial charge in [0.1, 0.15) is 12.1 Å². The Kier molecular flexibility index (Phi) is 5.79. The minimum atomic E-state index is -1.28. The number of amides is 4. The van der Waals surface area contributed by atoms with Crippen LogP contribution in [-0.4, -0.2) is 46.9 Å². The van der Waals surface area contributed by atoms with E-state index in [1.165, 1.54) is 12.3 Å². The normalized spacial score (nSPS) is 18.3. The summed E-state index contributed by atoms with van der Waals surface area (Å²) in [5.74, 6) is -2.13. The van der Waals surface area contributed by atoms with Crippen molar-refractivity contribution in [3.63, 3.8) is 0 Å². The number of benzene rings is 1. The Morgan fingerprint density at radius 1 is 1.21 bits per heavy atom. The molecule has 1 aromatic carbocycles. The molecule has 4 amide bonds. The van der Waals surface area contributed by atoms with Crippen LogP contribution in [0.1, 0.15) is 12.5 Å². The summed E-state index contributed by atoms with van der Waals surface area (Å²) >= 11 is 5.83. The number of esters is 1. The molecule has 0 unspecified atom stereocenters. The van der Waals surface area contributed by atoms with Crippen LogP contribution >= 0.6 is 11.6 Å². The van der Waals surface area contributed by atoms with Gasteiger partial charge in [-0.25, -0.2) is 9.78 Å². The second-order valence-corrected chi connectivity index (χ2v) is 6.72. The molecular weight excluding hydrogens is 400 g/mol. The Morgan fingerprint density at radius 3 is 2.62 bits per heavy atom. The van der Waals surface area contributed by atoms with Crippen molar-refractivity contribution in [2.24, 2.45) is 0 Å².